The molecule has 0 aromatic rings. The maximum Gasteiger partial charge on any atom is 0.317 e. The lowest BCUT2D eigenvalue weighted by Crippen LogP contribution is -2.48. The molecular weight excluding hydrogens is 232 g/mol. The molecule has 2 aliphatic rings. The van der Waals surface area contributed by atoms with E-state index >= 15 is 0 Å². The van der Waals surface area contributed by atoms with Gasteiger partial charge in [-0.3, -0.25) is 4.79 Å². The van der Waals surface area contributed by atoms with Gasteiger partial charge in [0.2, 0.25) is 0 Å². The molecule has 0 aliphatic heterocycles. The van der Waals surface area contributed by atoms with Crippen molar-refractivity contribution >= 4 is 12.0 Å². The summed E-state index contributed by atoms with van der Waals surface area (Å²) in [5.41, 5.74) is 0. The number of carboxylic acid groups (broad SMARTS) is 1. The summed E-state index contributed by atoms with van der Waals surface area (Å²) in [6, 6.07) is 0.0356. The van der Waals surface area contributed by atoms with Crippen LogP contribution >= 0.6 is 0 Å². The highest BCUT2D eigenvalue weighted by Gasteiger charge is 2.34. The highest BCUT2D eigenvalue weighted by atomic mass is 16.4. The fourth-order valence-corrected chi connectivity index (χ4v) is 2.66. The normalized spacial score (nSPS) is 28.3. The van der Waals surface area contributed by atoms with Crippen molar-refractivity contribution in [2.45, 2.75) is 57.0 Å². The minimum Gasteiger partial charge on any atom is -0.481 e. The van der Waals surface area contributed by atoms with Gasteiger partial charge in [-0.05, 0) is 25.7 Å². The van der Waals surface area contributed by atoms with Crippen LogP contribution in [0.5, 0.6) is 0 Å². The lowest BCUT2D eigenvalue weighted by molar-refractivity contribution is -0.142. The highest BCUT2D eigenvalue weighted by molar-refractivity contribution is 5.77. The average molecular weight is 254 g/mol. The Morgan fingerprint density at radius 2 is 1.78 bits per heavy atom. The Balaban J connectivity index is 1.94. The van der Waals surface area contributed by atoms with Crippen LogP contribution in [0.1, 0.15) is 44.9 Å². The van der Waals surface area contributed by atoms with Gasteiger partial charge in [-0.2, -0.15) is 0 Å². The summed E-state index contributed by atoms with van der Waals surface area (Å²) in [6.45, 7) is 0. The van der Waals surface area contributed by atoms with Gasteiger partial charge in [-0.1, -0.05) is 19.3 Å². The van der Waals surface area contributed by atoms with E-state index < -0.39 is 11.9 Å². The zero-order chi connectivity index (χ0) is 13.1. The molecule has 2 atom stereocenters. The summed E-state index contributed by atoms with van der Waals surface area (Å²) < 4.78 is 0. The number of carbonyl (C=O) groups excluding carboxylic acids is 1. The van der Waals surface area contributed by atoms with E-state index in [1.807, 2.05) is 0 Å². The Hall–Kier alpha value is -1.26. The van der Waals surface area contributed by atoms with Gasteiger partial charge in [-0.25, -0.2) is 4.79 Å². The topological polar surface area (TPSA) is 69.6 Å². The standard InChI is InChI=1S/C13H22N2O3/c1-15(9-7-8-9)13(18)14-11-6-4-2-3-5-10(11)12(16)17/h9-11H,2-8H2,1H3,(H,14,18)(H,16,17). The summed E-state index contributed by atoms with van der Waals surface area (Å²) in [6.07, 6.45) is 6.60. The predicted molar refractivity (Wildman–Crippen MR) is 67.3 cm³/mol. The third kappa shape index (κ3) is 3.15. The summed E-state index contributed by atoms with van der Waals surface area (Å²) in [7, 11) is 1.79. The van der Waals surface area contributed by atoms with Crippen LogP contribution in [-0.2, 0) is 4.79 Å². The molecule has 0 aromatic heterocycles. The molecule has 0 spiro atoms. The van der Waals surface area contributed by atoms with Crippen LogP contribution in [0.25, 0.3) is 0 Å². The van der Waals surface area contributed by atoms with Gasteiger partial charge >= 0.3 is 12.0 Å². The number of aliphatic carboxylic acids is 1. The van der Waals surface area contributed by atoms with Crippen LogP contribution in [0.15, 0.2) is 0 Å². The van der Waals surface area contributed by atoms with Gasteiger partial charge in [0.05, 0.1) is 5.92 Å². The number of hydrogen-bond acceptors (Lipinski definition) is 2. The van der Waals surface area contributed by atoms with Crippen molar-refractivity contribution in [1.29, 1.82) is 0 Å². The minimum absolute atomic E-state index is 0.115. The van der Waals surface area contributed by atoms with Crippen molar-refractivity contribution < 1.29 is 14.7 Å². The van der Waals surface area contributed by atoms with Crippen molar-refractivity contribution in [3.05, 3.63) is 0 Å². The number of urea groups is 1. The molecule has 2 amide bonds. The lowest BCUT2D eigenvalue weighted by Gasteiger charge is -2.26. The molecule has 5 nitrogen and oxygen atoms in total. The van der Waals surface area contributed by atoms with Gasteiger partial charge in [0.1, 0.15) is 0 Å². The van der Waals surface area contributed by atoms with E-state index in [4.69, 9.17) is 0 Å². The van der Waals surface area contributed by atoms with Crippen LogP contribution in [0.3, 0.4) is 0 Å². The summed E-state index contributed by atoms with van der Waals surface area (Å²) in [4.78, 5) is 25.0. The number of amides is 2. The molecule has 102 valence electrons. The van der Waals surface area contributed by atoms with Crippen molar-refractivity contribution in [1.82, 2.24) is 10.2 Å². The maximum atomic E-state index is 12.0. The average Bonchev–Trinajstić information content (AvgIpc) is 3.15. The van der Waals surface area contributed by atoms with Gasteiger partial charge in [0.15, 0.2) is 0 Å². The van der Waals surface area contributed by atoms with Gasteiger partial charge < -0.3 is 15.3 Å². The van der Waals surface area contributed by atoms with E-state index in [9.17, 15) is 14.7 Å². The van der Waals surface area contributed by atoms with Gasteiger partial charge in [0.25, 0.3) is 0 Å². The second kappa shape index (κ2) is 5.59. The summed E-state index contributed by atoms with van der Waals surface area (Å²) in [5.74, 6) is -1.21. The smallest absolute Gasteiger partial charge is 0.317 e. The lowest BCUT2D eigenvalue weighted by atomic mass is 9.95. The molecule has 0 saturated heterocycles. The zero-order valence-electron chi connectivity index (χ0n) is 10.9. The number of hydrogen-bond donors (Lipinski definition) is 2. The highest BCUT2D eigenvalue weighted by Crippen LogP contribution is 2.27. The first-order chi connectivity index (χ1) is 8.59. The zero-order valence-corrected chi connectivity index (χ0v) is 10.9. The summed E-state index contributed by atoms with van der Waals surface area (Å²) >= 11 is 0. The van der Waals surface area contributed by atoms with Crippen molar-refractivity contribution in [2.24, 2.45) is 5.92 Å². The van der Waals surface area contributed by atoms with Crippen molar-refractivity contribution in [3.8, 4) is 0 Å². The molecule has 0 bridgehead atoms. The quantitative estimate of drug-likeness (QED) is 0.755. The molecule has 18 heavy (non-hydrogen) atoms. The minimum atomic E-state index is -0.781. The molecule has 5 heteroatoms. The molecule has 2 fully saturated rings. The molecular formula is C13H22N2O3. The van der Waals surface area contributed by atoms with Crippen LogP contribution in [-0.4, -0.2) is 41.1 Å². The first-order valence-corrected chi connectivity index (χ1v) is 6.85. The van der Waals surface area contributed by atoms with Crippen LogP contribution in [0.2, 0.25) is 0 Å². The number of carboxylic acids is 1. The largest absolute Gasteiger partial charge is 0.481 e. The molecule has 2 unspecified atom stereocenters. The first kappa shape index (κ1) is 13.2. The third-order valence-electron chi connectivity index (χ3n) is 4.06. The van der Waals surface area contributed by atoms with E-state index in [1.54, 1.807) is 11.9 Å². The van der Waals surface area contributed by atoms with Gasteiger partial charge in [0, 0.05) is 19.1 Å². The van der Waals surface area contributed by atoms with Crippen LogP contribution in [0.4, 0.5) is 4.79 Å². The number of nitrogens with one attached hydrogen (secondary N) is 1. The number of carbonyl (C=O) groups is 2. The monoisotopic (exact) mass is 254 g/mol. The Labute approximate surface area is 108 Å². The molecule has 2 N–H and O–H groups in total. The Morgan fingerprint density at radius 3 is 2.39 bits per heavy atom. The SMILES string of the molecule is CN(C(=O)NC1CCCCCC1C(=O)O)C1CC1. The Kier molecular flexibility index (Phi) is 4.09. The van der Waals surface area contributed by atoms with E-state index in [-0.39, 0.29) is 12.1 Å². The van der Waals surface area contributed by atoms with E-state index in [2.05, 4.69) is 5.32 Å². The second-order valence-corrected chi connectivity index (χ2v) is 5.48. The first-order valence-electron chi connectivity index (χ1n) is 6.85. The van der Waals surface area contributed by atoms with Crippen LogP contribution < -0.4 is 5.32 Å². The molecule has 2 saturated carbocycles. The Morgan fingerprint density at radius 1 is 1.11 bits per heavy atom. The van der Waals surface area contributed by atoms with E-state index in [1.165, 1.54) is 0 Å². The molecule has 0 aromatic carbocycles. The number of nitrogens with zero attached hydrogens (tertiary/aromatic N) is 1. The maximum absolute atomic E-state index is 12.0. The Bertz CT molecular complexity index is 328. The van der Waals surface area contributed by atoms with Crippen molar-refractivity contribution in [2.75, 3.05) is 7.05 Å². The fraction of sp³-hybridized carbons (Fsp3) is 0.846. The van der Waals surface area contributed by atoms with E-state index in [0.717, 1.165) is 38.5 Å². The second-order valence-electron chi connectivity index (χ2n) is 5.48. The van der Waals surface area contributed by atoms with Gasteiger partial charge in [-0.15, -0.1) is 0 Å². The summed E-state index contributed by atoms with van der Waals surface area (Å²) in [5, 5.41) is 12.2. The number of rotatable bonds is 3. The van der Waals surface area contributed by atoms with Crippen LogP contribution in [0, 0.1) is 5.92 Å². The van der Waals surface area contributed by atoms with E-state index in [0.29, 0.717) is 12.5 Å². The molecule has 0 radical (unpaired) electrons. The predicted octanol–water partition coefficient (Wildman–Crippen LogP) is 1.82. The third-order valence-corrected chi connectivity index (χ3v) is 4.06. The molecule has 2 aliphatic carbocycles. The fourth-order valence-electron chi connectivity index (χ4n) is 2.66. The van der Waals surface area contributed by atoms with Crippen molar-refractivity contribution in [3.63, 3.8) is 0 Å². The molecule has 0 heterocycles. The molecule has 2 rings (SSSR count).